The summed E-state index contributed by atoms with van der Waals surface area (Å²) in [4.78, 5) is 3.01. The van der Waals surface area contributed by atoms with E-state index in [9.17, 15) is 0 Å². The van der Waals surface area contributed by atoms with Gasteiger partial charge < -0.3 is 0 Å². The molecule has 0 radical (unpaired) electrons. The lowest BCUT2D eigenvalue weighted by Gasteiger charge is -1.92. The number of aromatic nitrogens is 8. The van der Waals surface area contributed by atoms with Crippen LogP contribution in [-0.4, -0.2) is 40.4 Å². The first-order valence-electron chi connectivity index (χ1n) is 6.79. The Hall–Kier alpha value is -2.26. The van der Waals surface area contributed by atoms with Crippen molar-refractivity contribution in [3.63, 3.8) is 0 Å². The van der Waals surface area contributed by atoms with E-state index in [-0.39, 0.29) is 11.9 Å². The molecule has 10 heteroatoms. The van der Waals surface area contributed by atoms with Gasteiger partial charge in [-0.2, -0.15) is 9.59 Å². The Labute approximate surface area is 116 Å². The fourth-order valence-electron chi connectivity index (χ4n) is 1.43. The lowest BCUT2D eigenvalue weighted by molar-refractivity contribution is 0.495. The number of rotatable bonds is 8. The maximum absolute atomic E-state index is 4.07. The zero-order chi connectivity index (χ0) is 14.2. The molecule has 0 spiro atoms. The summed E-state index contributed by atoms with van der Waals surface area (Å²) in [6.45, 7) is 5.66. The van der Waals surface area contributed by atoms with Crippen LogP contribution in [0.3, 0.4) is 0 Å². The molecule has 108 valence electrons. The minimum atomic E-state index is 0.200. The first-order valence-corrected chi connectivity index (χ1v) is 6.79. The van der Waals surface area contributed by atoms with Crippen LogP contribution in [0.5, 0.6) is 0 Å². The summed E-state index contributed by atoms with van der Waals surface area (Å²) in [6, 6.07) is 0. The van der Waals surface area contributed by atoms with E-state index in [1.807, 2.05) is 0 Å². The average molecular weight is 278 g/mol. The predicted octanol–water partition coefficient (Wildman–Crippen LogP) is 1.68. The van der Waals surface area contributed by atoms with E-state index in [0.717, 1.165) is 38.8 Å². The van der Waals surface area contributed by atoms with Gasteiger partial charge in [0.25, 0.3) is 0 Å². The highest BCUT2D eigenvalue weighted by atomic mass is 15.6. The number of hydrogen-bond donors (Lipinski definition) is 0. The van der Waals surface area contributed by atoms with E-state index in [1.165, 1.54) is 9.59 Å². The van der Waals surface area contributed by atoms with Gasteiger partial charge in [0, 0.05) is 0 Å². The fraction of sp³-hybridized carbons (Fsp3) is 0.800. The Kier molecular flexibility index (Phi) is 5.21. The van der Waals surface area contributed by atoms with Gasteiger partial charge in [0.2, 0.25) is 0 Å². The molecule has 0 saturated carbocycles. The largest absolute Gasteiger partial charge is 0.307 e. The van der Waals surface area contributed by atoms with E-state index in [1.54, 1.807) is 0 Å². The van der Waals surface area contributed by atoms with E-state index in [4.69, 9.17) is 0 Å². The van der Waals surface area contributed by atoms with Crippen LogP contribution in [0.4, 0.5) is 11.9 Å². The number of hydrogen-bond acceptors (Lipinski definition) is 8. The smallest absolute Gasteiger partial charge is 0.162 e. The van der Waals surface area contributed by atoms with Crippen molar-refractivity contribution in [3.8, 4) is 0 Å². The number of azo groups is 1. The van der Waals surface area contributed by atoms with Crippen molar-refractivity contribution >= 4 is 11.9 Å². The van der Waals surface area contributed by atoms with Gasteiger partial charge in [0.05, 0.1) is 13.1 Å². The number of aryl methyl sites for hydroxylation is 2. The van der Waals surface area contributed by atoms with Crippen molar-refractivity contribution in [3.05, 3.63) is 0 Å². The van der Waals surface area contributed by atoms with Gasteiger partial charge in [-0.3, -0.25) is 0 Å². The second-order valence-corrected chi connectivity index (χ2v) is 4.28. The third-order valence-corrected chi connectivity index (χ3v) is 2.54. The summed E-state index contributed by atoms with van der Waals surface area (Å²) in [5.41, 5.74) is 0. The molecule has 0 N–H and O–H groups in total. The molecule has 0 atom stereocenters. The highest BCUT2D eigenvalue weighted by molar-refractivity contribution is 5.11. The second kappa shape index (κ2) is 7.36. The summed E-state index contributed by atoms with van der Waals surface area (Å²) in [7, 11) is 0. The molecule has 20 heavy (non-hydrogen) atoms. The maximum Gasteiger partial charge on any atom is 0.307 e. The lowest BCUT2D eigenvalue weighted by Crippen LogP contribution is -2.01. The van der Waals surface area contributed by atoms with Crippen LogP contribution in [0.25, 0.3) is 0 Å². The molecule has 0 fully saturated rings. The molecule has 0 saturated heterocycles. The molecule has 0 amide bonds. The Morgan fingerprint density at radius 1 is 0.800 bits per heavy atom. The minimum Gasteiger partial charge on any atom is -0.162 e. The Balaban J connectivity index is 1.91. The van der Waals surface area contributed by atoms with Gasteiger partial charge in [0.15, 0.2) is 0 Å². The average Bonchev–Trinajstić information content (AvgIpc) is 3.10. The van der Waals surface area contributed by atoms with E-state index in [0.29, 0.717) is 0 Å². The molecule has 0 unspecified atom stereocenters. The summed E-state index contributed by atoms with van der Waals surface area (Å²) in [5.74, 6) is 0.400. The van der Waals surface area contributed by atoms with Crippen LogP contribution < -0.4 is 0 Å². The SMILES string of the molecule is CCCCn1nnc(/N=N/c2nnn(CCCC)n2)n1. The monoisotopic (exact) mass is 278 g/mol. The first kappa shape index (κ1) is 14.2. The molecule has 0 aliphatic heterocycles. The molecule has 2 rings (SSSR count). The highest BCUT2D eigenvalue weighted by Crippen LogP contribution is 2.07. The standard InChI is InChI=1S/C10H18N10/c1-3-5-7-19-15-9(13-17-19)11-12-10-14-18-20(16-10)8-6-4-2/h3-8H2,1-2H3/b12-11+. The minimum absolute atomic E-state index is 0.200. The van der Waals surface area contributed by atoms with Crippen LogP contribution in [0.1, 0.15) is 39.5 Å². The number of unbranched alkanes of at least 4 members (excludes halogenated alkanes) is 2. The van der Waals surface area contributed by atoms with Gasteiger partial charge >= 0.3 is 11.9 Å². The molecule has 0 bridgehead atoms. The van der Waals surface area contributed by atoms with Crippen LogP contribution in [0.2, 0.25) is 0 Å². The Morgan fingerprint density at radius 2 is 1.25 bits per heavy atom. The van der Waals surface area contributed by atoms with Crippen LogP contribution >= 0.6 is 0 Å². The van der Waals surface area contributed by atoms with E-state index < -0.39 is 0 Å². The number of nitrogens with zero attached hydrogens (tertiary/aromatic N) is 10. The molecule has 2 heterocycles. The quantitative estimate of drug-likeness (QED) is 0.679. The third kappa shape index (κ3) is 4.14. The van der Waals surface area contributed by atoms with E-state index >= 15 is 0 Å². The predicted molar refractivity (Wildman–Crippen MR) is 69.6 cm³/mol. The molecule has 2 aromatic heterocycles. The van der Waals surface area contributed by atoms with E-state index in [2.05, 4.69) is 54.9 Å². The van der Waals surface area contributed by atoms with Crippen molar-refractivity contribution in [1.29, 1.82) is 0 Å². The van der Waals surface area contributed by atoms with Crippen LogP contribution in [0.15, 0.2) is 10.2 Å². The maximum atomic E-state index is 4.07. The van der Waals surface area contributed by atoms with Crippen molar-refractivity contribution in [2.45, 2.75) is 52.6 Å². The lowest BCUT2D eigenvalue weighted by atomic mass is 10.3. The molecule has 0 aromatic carbocycles. The normalized spacial score (nSPS) is 11.5. The molecular formula is C10H18N10. The van der Waals surface area contributed by atoms with Crippen LogP contribution in [0, 0.1) is 0 Å². The molecule has 10 nitrogen and oxygen atoms in total. The van der Waals surface area contributed by atoms with Gasteiger partial charge in [-0.25, -0.2) is 0 Å². The zero-order valence-corrected chi connectivity index (χ0v) is 11.7. The fourth-order valence-corrected chi connectivity index (χ4v) is 1.43. The molecule has 0 aliphatic rings. The topological polar surface area (TPSA) is 112 Å². The second-order valence-electron chi connectivity index (χ2n) is 4.28. The summed E-state index contributed by atoms with van der Waals surface area (Å²) < 4.78 is 0. The van der Waals surface area contributed by atoms with Gasteiger partial charge in [-0.1, -0.05) is 36.9 Å². The third-order valence-electron chi connectivity index (χ3n) is 2.54. The zero-order valence-electron chi connectivity index (χ0n) is 11.7. The molecular weight excluding hydrogens is 260 g/mol. The van der Waals surface area contributed by atoms with Gasteiger partial charge in [-0.15, -0.1) is 20.4 Å². The summed E-state index contributed by atoms with van der Waals surface area (Å²) >= 11 is 0. The van der Waals surface area contributed by atoms with Gasteiger partial charge in [-0.05, 0) is 23.3 Å². The Bertz CT molecular complexity index is 493. The molecule has 2 aromatic rings. The first-order chi connectivity index (χ1) is 9.81. The van der Waals surface area contributed by atoms with Crippen molar-refractivity contribution in [2.24, 2.45) is 10.2 Å². The molecule has 0 aliphatic carbocycles. The van der Waals surface area contributed by atoms with Crippen molar-refractivity contribution in [1.82, 2.24) is 40.4 Å². The van der Waals surface area contributed by atoms with Gasteiger partial charge in [0.1, 0.15) is 0 Å². The summed E-state index contributed by atoms with van der Waals surface area (Å²) in [5, 5.41) is 31.1. The van der Waals surface area contributed by atoms with Crippen LogP contribution in [-0.2, 0) is 13.1 Å². The van der Waals surface area contributed by atoms with Crippen molar-refractivity contribution in [2.75, 3.05) is 0 Å². The Morgan fingerprint density at radius 3 is 1.65 bits per heavy atom. The highest BCUT2D eigenvalue weighted by Gasteiger charge is 2.03. The van der Waals surface area contributed by atoms with Crippen molar-refractivity contribution < 1.29 is 0 Å². The number of tetrazole rings is 2. The summed E-state index contributed by atoms with van der Waals surface area (Å²) in [6.07, 6.45) is 4.15.